The van der Waals surface area contributed by atoms with Gasteiger partial charge in [0, 0.05) is 9.99 Å². The van der Waals surface area contributed by atoms with Gasteiger partial charge in [0.2, 0.25) is 0 Å². The molecule has 0 aromatic rings. The average molecular weight is 221 g/mol. The number of hydrogen-bond donors (Lipinski definition) is 0. The lowest BCUT2D eigenvalue weighted by Gasteiger charge is -0.0786. The highest BCUT2D eigenvalue weighted by molar-refractivity contribution is 2.51. The van der Waals surface area contributed by atoms with E-state index >= 15 is 0 Å². The molecule has 0 radical (unpaired) electrons. The lowest BCUT2D eigenvalue weighted by Crippen LogP contribution is 0.143. The Labute approximate surface area is 100 Å². The van der Waals surface area contributed by atoms with Gasteiger partial charge in [-0.3, -0.25) is 0 Å². The van der Waals surface area contributed by atoms with Crippen LogP contribution in [0.5, 0.6) is 0 Å². The van der Waals surface area contributed by atoms with Gasteiger partial charge in [-0.1, -0.05) is 89.1 Å². The van der Waals surface area contributed by atoms with Crippen LogP contribution >= 0.6 is 0 Å². The van der Waals surface area contributed by atoms with Crippen LogP contribution in [-0.2, 0) is 0 Å². The van der Waals surface area contributed by atoms with Crippen LogP contribution < -0.4 is 0 Å². The molecule has 0 unspecified atom stereocenters. The SMILES string of the molecule is C.C.C.C.C.C.C.C.C.C.C.C.[3HH].[3HH].[3HH].[3HH].[3HH].[3HH].[3HH]. The van der Waals surface area contributed by atoms with Crippen LogP contribution in [0, 0.1) is 0 Å². The van der Waals surface area contributed by atoms with Crippen molar-refractivity contribution in [3.05, 3.63) is 0 Å². The van der Waals surface area contributed by atoms with Gasteiger partial charge in [0.05, 0.1) is 0 Å². The summed E-state index contributed by atoms with van der Waals surface area (Å²) in [7, 11) is 0. The van der Waals surface area contributed by atoms with Crippen molar-refractivity contribution >= 4 is 0 Å². The Balaban J connectivity index is 0. The first-order valence-corrected chi connectivity index (χ1v) is 0. The molecule has 0 aromatic carbocycles. The zero-order valence-corrected chi connectivity index (χ0v) is 0. The minimum absolute atomic E-state index is 0. The van der Waals surface area contributed by atoms with E-state index in [-0.39, 0.29) is 99.1 Å². The highest BCUT2D eigenvalue weighted by atomic mass is 12.0. The molecule has 0 amide bonds. The van der Waals surface area contributed by atoms with Crippen LogP contribution in [-0.4, -0.2) is 0 Å². The maximum atomic E-state index is 0. The first kappa shape index (κ1) is 0. The molecule has 110 valence electrons. The van der Waals surface area contributed by atoms with Crippen LogP contribution in [0.1, 0.15) is 99.1 Å². The molecule has 0 nitrogen and oxygen atoms in total. The largest absolute Gasteiger partial charge is 0.0776 e. The summed E-state index contributed by atoms with van der Waals surface area (Å²) in [6.45, 7) is 0. The quantitative estimate of drug-likeness (QED) is 0.381. The molecule has 0 spiro atoms. The zero-order valence-electron chi connectivity index (χ0n) is 0. The Morgan fingerprint density at radius 3 is 0.167 bits per heavy atom. The van der Waals surface area contributed by atoms with Gasteiger partial charge in [-0.05, 0) is 0 Å². The summed E-state index contributed by atoms with van der Waals surface area (Å²) in [5, 5.41) is 0. The Hall–Kier alpha value is 0. The second-order valence-electron chi connectivity index (χ2n) is 0. The first-order valence-electron chi connectivity index (χ1n) is 0. The lowest BCUT2D eigenvalue weighted by molar-refractivity contribution is 2.50. The maximum Gasteiger partial charge on any atom is 0 e. The van der Waals surface area contributed by atoms with E-state index in [1.54, 1.807) is 0 Å². The Bertz CT molecular complexity index is 18.0. The van der Waals surface area contributed by atoms with Gasteiger partial charge in [0.1, 0.15) is 0 Å². The van der Waals surface area contributed by atoms with E-state index in [9.17, 15) is 0 Å². The molecule has 0 rings (SSSR count). The highest BCUT2D eigenvalue weighted by Gasteiger charge is -0.0666. The highest BCUT2D eigenvalue weighted by Crippen LogP contribution is 0.155. The fourth-order valence-electron chi connectivity index (χ4n) is 0. The minimum Gasteiger partial charge on any atom is -0.0776 e. The Kier molecular flexibility index (Phi) is 0. The van der Waals surface area contributed by atoms with Crippen molar-refractivity contribution in [1.29, 1.82) is 0 Å². The van der Waals surface area contributed by atoms with Gasteiger partial charge < -0.3 is 0 Å². The van der Waals surface area contributed by atoms with Crippen LogP contribution in [0.4, 0.5) is 0 Å². The molecular weight excluding hydrogens is 144 g/mol. The lowest BCUT2D eigenvalue weighted by atomic mass is 12.0. The average Bonchev–Trinajstić information content (AvgIpc) is 0. The molecule has 0 heterocycles. The molecule has 0 saturated carbocycles. The third-order valence-corrected chi connectivity index (χ3v) is 0. The molecule has 0 N–H and O–H groups in total. The van der Waals surface area contributed by atoms with Gasteiger partial charge in [0.25, 0.3) is 0 Å². The minimum atomic E-state index is 0. The van der Waals surface area contributed by atoms with Crippen LogP contribution in [0.15, 0.2) is 0 Å². The van der Waals surface area contributed by atoms with Crippen molar-refractivity contribution in [2.45, 2.75) is 89.1 Å². The summed E-state index contributed by atoms with van der Waals surface area (Å²) in [4.78, 5) is 0. The number of rotatable bonds is 0. The van der Waals surface area contributed by atoms with Gasteiger partial charge >= 0.3 is 0 Å². The Morgan fingerprint density at radius 2 is 0.167 bits per heavy atom. The summed E-state index contributed by atoms with van der Waals surface area (Å²) in [5.74, 6) is 0. The smallest absolute Gasteiger partial charge is 0 e. The van der Waals surface area contributed by atoms with Crippen LogP contribution in [0.3, 0.4) is 0 Å². The van der Waals surface area contributed by atoms with Crippen LogP contribution in [0.2, 0.25) is 0 Å². The predicted octanol–water partition coefficient (Wildman–Crippen LogP) is 9.36. The van der Waals surface area contributed by atoms with E-state index < -0.39 is 0 Å². The summed E-state index contributed by atoms with van der Waals surface area (Å²) < 4.78 is 0. The van der Waals surface area contributed by atoms with Crippen molar-refractivity contribution in [1.82, 2.24) is 0 Å². The third kappa shape index (κ3) is 0. The topological polar surface area (TPSA) is 0 Å². The van der Waals surface area contributed by atoms with Gasteiger partial charge in [-0.25, -0.2) is 0 Å². The third-order valence-electron chi connectivity index (χ3n) is 0. The zero-order chi connectivity index (χ0) is 0. The van der Waals surface area contributed by atoms with Crippen molar-refractivity contribution in [3.8, 4) is 0 Å². The summed E-state index contributed by atoms with van der Waals surface area (Å²) in [6.07, 6.45) is 0. The van der Waals surface area contributed by atoms with Crippen molar-refractivity contribution in [3.63, 3.8) is 0 Å². The van der Waals surface area contributed by atoms with E-state index in [4.69, 9.17) is 0 Å². The summed E-state index contributed by atoms with van der Waals surface area (Å²) >= 11 is 0. The number of hydrogen-bond acceptors (Lipinski definition) is 0. The molecule has 0 fully saturated rings. The molecule has 0 saturated heterocycles. The molecule has 0 aliphatic heterocycles. The van der Waals surface area contributed by atoms with Crippen molar-refractivity contribution in [2.75, 3.05) is 0 Å². The van der Waals surface area contributed by atoms with E-state index in [1.165, 1.54) is 0 Å². The molecule has 0 aliphatic carbocycles. The molecule has 0 heteroatoms. The predicted molar refractivity (Wildman–Crippen MR) is 95.6 cm³/mol. The van der Waals surface area contributed by atoms with Crippen LogP contribution in [0.25, 0.3) is 0 Å². The molecule has 0 aliphatic rings. The Morgan fingerprint density at radius 1 is 0.167 bits per heavy atom. The first-order chi connectivity index (χ1) is 0. The fourth-order valence-corrected chi connectivity index (χ4v) is 0. The van der Waals surface area contributed by atoms with Gasteiger partial charge in [-0.2, -0.15) is 0 Å². The summed E-state index contributed by atoms with van der Waals surface area (Å²) in [5.41, 5.74) is 0. The van der Waals surface area contributed by atoms with E-state index in [2.05, 4.69) is 0 Å². The molecular formula is C12H62. The molecule has 12 heavy (non-hydrogen) atoms. The molecule has 0 atom stereocenters. The van der Waals surface area contributed by atoms with Crippen molar-refractivity contribution < 1.29 is 9.99 Å². The fraction of sp³-hybridized carbons (Fsp3) is 1.00. The van der Waals surface area contributed by atoms with E-state index in [0.29, 0.717) is 0 Å². The maximum absolute atomic E-state index is 0. The summed E-state index contributed by atoms with van der Waals surface area (Å²) in [6, 6.07) is 0. The molecule has 0 aromatic heterocycles. The van der Waals surface area contributed by atoms with Crippen molar-refractivity contribution in [2.24, 2.45) is 0 Å². The van der Waals surface area contributed by atoms with E-state index in [1.807, 2.05) is 0 Å². The van der Waals surface area contributed by atoms with E-state index in [0.717, 1.165) is 0 Å². The van der Waals surface area contributed by atoms with Gasteiger partial charge in [-0.15, -0.1) is 0 Å². The monoisotopic (exact) mass is 221 g/mol. The molecule has 0 bridgehead atoms. The second kappa shape index (κ2) is 0. The standard InChI is InChI=1S/12CH4.7H2/h12*1H4;7*1H/i;;;;;;;;;;;;7*1+2. The second-order valence-corrected chi connectivity index (χ2v) is 0. The van der Waals surface area contributed by atoms with Gasteiger partial charge in [0.15, 0.2) is 0 Å². The normalized spacial score (nSPS) is 0.